The first-order valence-electron chi connectivity index (χ1n) is 7.72. The first-order valence-corrected chi connectivity index (χ1v) is 8.10. The molecule has 2 rings (SSSR count). The van der Waals surface area contributed by atoms with Gasteiger partial charge < -0.3 is 14.8 Å². The number of halogens is 1. The normalized spacial score (nSPS) is 11.7. The Morgan fingerprint density at radius 2 is 1.92 bits per heavy atom. The summed E-state index contributed by atoms with van der Waals surface area (Å²) in [5.41, 5.74) is 2.68. The Morgan fingerprint density at radius 3 is 2.58 bits per heavy atom. The minimum Gasteiger partial charge on any atom is -0.497 e. The molecule has 0 bridgehead atoms. The molecule has 0 aliphatic rings. The van der Waals surface area contributed by atoms with Crippen LogP contribution in [0.3, 0.4) is 0 Å². The molecule has 1 N–H and O–H groups in total. The van der Waals surface area contributed by atoms with Crippen LogP contribution in [0.15, 0.2) is 36.4 Å². The third-order valence-electron chi connectivity index (χ3n) is 3.94. The van der Waals surface area contributed by atoms with Crippen LogP contribution in [0.1, 0.15) is 30.4 Å². The lowest BCUT2D eigenvalue weighted by Gasteiger charge is -2.17. The van der Waals surface area contributed by atoms with Gasteiger partial charge in [0.2, 0.25) is 5.91 Å². The van der Waals surface area contributed by atoms with Crippen LogP contribution in [0.5, 0.6) is 11.5 Å². The Bertz CT molecular complexity index is 731. The van der Waals surface area contributed by atoms with Crippen molar-refractivity contribution in [3.63, 3.8) is 0 Å². The van der Waals surface area contributed by atoms with Gasteiger partial charge in [-0.15, -0.1) is 0 Å². The van der Waals surface area contributed by atoms with Crippen molar-refractivity contribution in [3.05, 3.63) is 52.5 Å². The van der Waals surface area contributed by atoms with E-state index in [1.807, 2.05) is 38.1 Å². The summed E-state index contributed by atoms with van der Waals surface area (Å²) in [6, 6.07) is 11.1. The molecule has 5 heteroatoms. The zero-order valence-electron chi connectivity index (χ0n) is 14.4. The molecule has 1 atom stereocenters. The predicted octanol–water partition coefficient (Wildman–Crippen LogP) is 4.80. The van der Waals surface area contributed by atoms with E-state index >= 15 is 0 Å². The fraction of sp³-hybridized carbons (Fsp3) is 0.316. The van der Waals surface area contributed by atoms with Gasteiger partial charge in [-0.1, -0.05) is 30.7 Å². The molecule has 0 aliphatic heterocycles. The minimum atomic E-state index is -0.0641. The number of methoxy groups -OCH3 is 2. The standard InChI is InChI=1S/C19H22ClNO3/c1-12-5-6-14(20)10-17(12)21-19(22)9-13(2)16-8-7-15(23-3)11-18(16)24-4/h5-8,10-11,13H,9H2,1-4H3,(H,21,22). The first kappa shape index (κ1) is 18.1. The topological polar surface area (TPSA) is 47.6 Å². The van der Waals surface area contributed by atoms with Gasteiger partial charge in [-0.3, -0.25) is 4.79 Å². The molecule has 2 aromatic carbocycles. The average molecular weight is 348 g/mol. The van der Waals surface area contributed by atoms with Gasteiger partial charge in [-0.25, -0.2) is 0 Å². The summed E-state index contributed by atoms with van der Waals surface area (Å²) in [5.74, 6) is 1.38. The number of carbonyl (C=O) groups is 1. The zero-order valence-corrected chi connectivity index (χ0v) is 15.1. The van der Waals surface area contributed by atoms with E-state index in [0.29, 0.717) is 17.2 Å². The summed E-state index contributed by atoms with van der Waals surface area (Å²) in [7, 11) is 3.22. The van der Waals surface area contributed by atoms with Crippen molar-refractivity contribution in [2.45, 2.75) is 26.2 Å². The first-order chi connectivity index (χ1) is 11.4. The minimum absolute atomic E-state index is 0.00495. The molecule has 4 nitrogen and oxygen atoms in total. The van der Waals surface area contributed by atoms with Gasteiger partial charge >= 0.3 is 0 Å². The number of hydrogen-bond acceptors (Lipinski definition) is 3. The van der Waals surface area contributed by atoms with Crippen molar-refractivity contribution in [1.29, 1.82) is 0 Å². The van der Waals surface area contributed by atoms with E-state index in [1.165, 1.54) is 0 Å². The van der Waals surface area contributed by atoms with E-state index < -0.39 is 0 Å². The highest BCUT2D eigenvalue weighted by Crippen LogP contribution is 2.32. The maximum absolute atomic E-state index is 12.4. The molecule has 0 radical (unpaired) electrons. The second-order valence-electron chi connectivity index (χ2n) is 5.72. The maximum atomic E-state index is 12.4. The maximum Gasteiger partial charge on any atom is 0.224 e. The molecule has 24 heavy (non-hydrogen) atoms. The Balaban J connectivity index is 2.10. The van der Waals surface area contributed by atoms with Gasteiger partial charge in [0, 0.05) is 23.2 Å². The molecular formula is C19H22ClNO3. The van der Waals surface area contributed by atoms with Gasteiger partial charge in [0.15, 0.2) is 0 Å². The smallest absolute Gasteiger partial charge is 0.224 e. The Kier molecular flexibility index (Phi) is 6.10. The summed E-state index contributed by atoms with van der Waals surface area (Å²) in [4.78, 5) is 12.4. The number of amides is 1. The van der Waals surface area contributed by atoms with E-state index in [2.05, 4.69) is 5.32 Å². The molecule has 1 unspecified atom stereocenters. The predicted molar refractivity (Wildman–Crippen MR) is 97.4 cm³/mol. The summed E-state index contributed by atoms with van der Waals surface area (Å²) >= 11 is 5.99. The number of nitrogens with one attached hydrogen (secondary N) is 1. The van der Waals surface area contributed by atoms with Crippen molar-refractivity contribution >= 4 is 23.2 Å². The number of anilines is 1. The second kappa shape index (κ2) is 8.06. The van der Waals surface area contributed by atoms with Gasteiger partial charge in [-0.05, 0) is 42.2 Å². The van der Waals surface area contributed by atoms with Crippen LogP contribution in [0.4, 0.5) is 5.69 Å². The number of hydrogen-bond donors (Lipinski definition) is 1. The number of rotatable bonds is 6. The summed E-state index contributed by atoms with van der Waals surface area (Å²) < 4.78 is 10.6. The van der Waals surface area contributed by atoms with Crippen LogP contribution in [0.25, 0.3) is 0 Å². The van der Waals surface area contributed by atoms with Crippen LogP contribution in [-0.2, 0) is 4.79 Å². The van der Waals surface area contributed by atoms with Crippen molar-refractivity contribution in [2.24, 2.45) is 0 Å². The molecule has 0 aromatic heterocycles. The van der Waals surface area contributed by atoms with Crippen molar-refractivity contribution in [3.8, 4) is 11.5 Å². The molecule has 1 amide bonds. The molecule has 0 saturated heterocycles. The fourth-order valence-electron chi connectivity index (χ4n) is 2.54. The highest BCUT2D eigenvalue weighted by atomic mass is 35.5. The lowest BCUT2D eigenvalue weighted by atomic mass is 9.96. The molecule has 0 heterocycles. The Hall–Kier alpha value is -2.20. The number of ether oxygens (including phenoxy) is 2. The molecule has 2 aromatic rings. The van der Waals surface area contributed by atoms with Crippen LogP contribution in [-0.4, -0.2) is 20.1 Å². The Morgan fingerprint density at radius 1 is 1.17 bits per heavy atom. The summed E-state index contributed by atoms with van der Waals surface area (Å²) in [6.07, 6.45) is 0.342. The third kappa shape index (κ3) is 4.42. The molecule has 0 spiro atoms. The van der Waals surface area contributed by atoms with Crippen LogP contribution in [0.2, 0.25) is 5.02 Å². The molecular weight excluding hydrogens is 326 g/mol. The summed E-state index contributed by atoms with van der Waals surface area (Å²) in [6.45, 7) is 3.93. The monoisotopic (exact) mass is 347 g/mol. The van der Waals surface area contributed by atoms with E-state index in [1.54, 1.807) is 26.4 Å². The van der Waals surface area contributed by atoms with Gasteiger partial charge in [-0.2, -0.15) is 0 Å². The SMILES string of the molecule is COc1ccc(C(C)CC(=O)Nc2cc(Cl)ccc2C)c(OC)c1. The number of carbonyl (C=O) groups excluding carboxylic acids is 1. The van der Waals surface area contributed by atoms with E-state index in [4.69, 9.17) is 21.1 Å². The molecule has 0 saturated carbocycles. The van der Waals surface area contributed by atoms with E-state index in [0.717, 1.165) is 22.6 Å². The van der Waals surface area contributed by atoms with Gasteiger partial charge in [0.1, 0.15) is 11.5 Å². The average Bonchev–Trinajstić information content (AvgIpc) is 2.57. The largest absolute Gasteiger partial charge is 0.497 e. The van der Waals surface area contributed by atoms with Gasteiger partial charge in [0.25, 0.3) is 0 Å². The number of aryl methyl sites for hydroxylation is 1. The van der Waals surface area contributed by atoms with E-state index in [-0.39, 0.29) is 11.8 Å². The van der Waals surface area contributed by atoms with E-state index in [9.17, 15) is 4.79 Å². The number of benzene rings is 2. The lowest BCUT2D eigenvalue weighted by Crippen LogP contribution is -2.15. The third-order valence-corrected chi connectivity index (χ3v) is 4.17. The Labute approximate surface area is 147 Å². The molecule has 0 aliphatic carbocycles. The van der Waals surface area contributed by atoms with Crippen LogP contribution in [0, 0.1) is 6.92 Å². The zero-order chi connectivity index (χ0) is 17.7. The molecule has 128 valence electrons. The summed E-state index contributed by atoms with van der Waals surface area (Å²) in [5, 5.41) is 3.52. The van der Waals surface area contributed by atoms with Crippen molar-refractivity contribution in [2.75, 3.05) is 19.5 Å². The quantitative estimate of drug-likeness (QED) is 0.816. The highest BCUT2D eigenvalue weighted by Gasteiger charge is 2.17. The second-order valence-corrected chi connectivity index (χ2v) is 6.16. The van der Waals surface area contributed by atoms with Crippen LogP contribution < -0.4 is 14.8 Å². The van der Waals surface area contributed by atoms with Crippen molar-refractivity contribution < 1.29 is 14.3 Å². The lowest BCUT2D eigenvalue weighted by molar-refractivity contribution is -0.116. The van der Waals surface area contributed by atoms with Crippen LogP contribution >= 0.6 is 11.6 Å². The highest BCUT2D eigenvalue weighted by molar-refractivity contribution is 6.31. The van der Waals surface area contributed by atoms with Gasteiger partial charge in [0.05, 0.1) is 14.2 Å². The molecule has 0 fully saturated rings. The fourth-order valence-corrected chi connectivity index (χ4v) is 2.72. The van der Waals surface area contributed by atoms with Crippen molar-refractivity contribution in [1.82, 2.24) is 0 Å².